The van der Waals surface area contributed by atoms with Crippen LogP contribution in [0.3, 0.4) is 0 Å². The van der Waals surface area contributed by atoms with Crippen molar-refractivity contribution >= 4 is 12.0 Å². The van der Waals surface area contributed by atoms with E-state index in [0.717, 1.165) is 5.56 Å². The van der Waals surface area contributed by atoms with Gasteiger partial charge in [0.1, 0.15) is 6.54 Å². The maximum atomic E-state index is 11.9. The second-order valence-electron chi connectivity index (χ2n) is 4.78. The van der Waals surface area contributed by atoms with Crippen molar-refractivity contribution in [1.82, 2.24) is 10.2 Å². The van der Waals surface area contributed by atoms with E-state index in [0.29, 0.717) is 19.6 Å². The highest BCUT2D eigenvalue weighted by Gasteiger charge is 2.15. The Morgan fingerprint density at radius 2 is 2.14 bits per heavy atom. The summed E-state index contributed by atoms with van der Waals surface area (Å²) in [5.74, 6) is -1.04. The minimum Gasteiger partial charge on any atom is -0.480 e. The third kappa shape index (κ3) is 6.76. The summed E-state index contributed by atoms with van der Waals surface area (Å²) in [5.41, 5.74) is 2.31. The Balaban J connectivity index is 2.43. The lowest BCUT2D eigenvalue weighted by Gasteiger charge is -2.20. The number of aliphatic carboxylic acids is 1. The number of amides is 2. The number of carboxylic acids is 1. The van der Waals surface area contributed by atoms with E-state index in [1.165, 1.54) is 17.6 Å². The van der Waals surface area contributed by atoms with Crippen LogP contribution in [0.15, 0.2) is 24.3 Å². The third-order valence-corrected chi connectivity index (χ3v) is 2.95. The van der Waals surface area contributed by atoms with Crippen LogP contribution in [0.5, 0.6) is 0 Å². The maximum Gasteiger partial charge on any atom is 0.323 e. The Morgan fingerprint density at radius 1 is 1.38 bits per heavy atom. The van der Waals surface area contributed by atoms with Gasteiger partial charge in [0, 0.05) is 20.2 Å². The van der Waals surface area contributed by atoms with E-state index in [1.807, 2.05) is 25.1 Å². The minimum absolute atomic E-state index is 0.249. The molecule has 0 spiro atoms. The fraction of sp³-hybridized carbons (Fsp3) is 0.467. The molecule has 6 heteroatoms. The maximum absolute atomic E-state index is 11.9. The molecule has 1 aromatic rings. The largest absolute Gasteiger partial charge is 0.480 e. The highest BCUT2D eigenvalue weighted by Crippen LogP contribution is 2.04. The number of nitrogens with zero attached hydrogens (tertiary/aromatic N) is 1. The molecule has 0 radical (unpaired) electrons. The lowest BCUT2D eigenvalue weighted by molar-refractivity contribution is -0.137. The first-order chi connectivity index (χ1) is 10.0. The molecule has 0 aromatic heterocycles. The Hall–Kier alpha value is -2.08. The number of carbonyl (C=O) groups excluding carboxylic acids is 1. The molecular formula is C15H22N2O4. The Labute approximate surface area is 124 Å². The molecule has 0 saturated carbocycles. The first-order valence-corrected chi connectivity index (χ1v) is 6.82. The van der Waals surface area contributed by atoms with Crippen LogP contribution in [-0.4, -0.2) is 55.4 Å². The normalized spacial score (nSPS) is 10.2. The number of aryl methyl sites for hydroxylation is 1. The van der Waals surface area contributed by atoms with E-state index < -0.39 is 5.97 Å². The van der Waals surface area contributed by atoms with Gasteiger partial charge in [0.2, 0.25) is 0 Å². The molecule has 0 bridgehead atoms. The lowest BCUT2D eigenvalue weighted by Crippen LogP contribution is -2.44. The molecule has 21 heavy (non-hydrogen) atoms. The van der Waals surface area contributed by atoms with Gasteiger partial charge in [0.05, 0.1) is 6.61 Å². The van der Waals surface area contributed by atoms with Crippen molar-refractivity contribution in [2.75, 3.05) is 33.4 Å². The van der Waals surface area contributed by atoms with E-state index in [-0.39, 0.29) is 19.1 Å². The molecule has 0 atom stereocenters. The molecule has 0 heterocycles. The van der Waals surface area contributed by atoms with Gasteiger partial charge in [-0.15, -0.1) is 0 Å². The summed E-state index contributed by atoms with van der Waals surface area (Å²) >= 11 is 0. The molecule has 116 valence electrons. The number of urea groups is 1. The van der Waals surface area contributed by atoms with Gasteiger partial charge in [-0.2, -0.15) is 0 Å². The van der Waals surface area contributed by atoms with E-state index in [4.69, 9.17) is 9.84 Å². The Kier molecular flexibility index (Phi) is 7.25. The number of ether oxygens (including phenoxy) is 1. The molecule has 0 aliphatic rings. The van der Waals surface area contributed by atoms with E-state index in [1.54, 1.807) is 0 Å². The van der Waals surface area contributed by atoms with Crippen LogP contribution < -0.4 is 5.32 Å². The van der Waals surface area contributed by atoms with Crippen LogP contribution in [0, 0.1) is 6.92 Å². The van der Waals surface area contributed by atoms with Crippen molar-refractivity contribution in [3.63, 3.8) is 0 Å². The first-order valence-electron chi connectivity index (χ1n) is 6.82. The van der Waals surface area contributed by atoms with Crippen molar-refractivity contribution in [2.24, 2.45) is 0 Å². The number of nitrogens with one attached hydrogen (secondary N) is 1. The van der Waals surface area contributed by atoms with Crippen LogP contribution in [0.4, 0.5) is 4.79 Å². The summed E-state index contributed by atoms with van der Waals surface area (Å²) in [7, 11) is 1.51. The molecule has 1 rings (SSSR count). The number of hydrogen-bond acceptors (Lipinski definition) is 3. The third-order valence-electron chi connectivity index (χ3n) is 2.95. The number of hydrogen-bond donors (Lipinski definition) is 2. The van der Waals surface area contributed by atoms with Crippen molar-refractivity contribution in [2.45, 2.75) is 13.3 Å². The number of benzene rings is 1. The lowest BCUT2D eigenvalue weighted by atomic mass is 10.1. The van der Waals surface area contributed by atoms with Gasteiger partial charge < -0.3 is 20.1 Å². The van der Waals surface area contributed by atoms with Gasteiger partial charge in [0.25, 0.3) is 0 Å². The second-order valence-corrected chi connectivity index (χ2v) is 4.78. The van der Waals surface area contributed by atoms with Gasteiger partial charge in [0.15, 0.2) is 0 Å². The number of rotatable bonds is 8. The molecule has 2 amide bonds. The molecule has 0 saturated heterocycles. The molecule has 0 unspecified atom stereocenters. The standard InChI is InChI=1S/C15H22N2O4/c1-12-4-3-5-13(10-12)6-7-16-15(20)17(8-9-21-2)11-14(18)19/h3-5,10H,6-9,11H2,1-2H3,(H,16,20)(H,18,19). The Bertz CT molecular complexity index is 476. The highest BCUT2D eigenvalue weighted by molar-refractivity contribution is 5.80. The fourth-order valence-electron chi connectivity index (χ4n) is 1.91. The summed E-state index contributed by atoms with van der Waals surface area (Å²) in [6, 6.07) is 7.66. The van der Waals surface area contributed by atoms with Gasteiger partial charge in [-0.05, 0) is 18.9 Å². The summed E-state index contributed by atoms with van der Waals surface area (Å²) in [4.78, 5) is 23.9. The summed E-state index contributed by atoms with van der Waals surface area (Å²) in [6.45, 7) is 2.70. The van der Waals surface area contributed by atoms with Crippen molar-refractivity contribution < 1.29 is 19.4 Å². The van der Waals surface area contributed by atoms with E-state index in [2.05, 4.69) is 11.4 Å². The Morgan fingerprint density at radius 3 is 2.76 bits per heavy atom. The molecule has 0 aliphatic carbocycles. The zero-order valence-electron chi connectivity index (χ0n) is 12.5. The summed E-state index contributed by atoms with van der Waals surface area (Å²) in [6.07, 6.45) is 0.707. The minimum atomic E-state index is -1.04. The van der Waals surface area contributed by atoms with Gasteiger partial charge >= 0.3 is 12.0 Å². The number of carbonyl (C=O) groups is 2. The zero-order valence-corrected chi connectivity index (χ0v) is 12.5. The second kappa shape index (κ2) is 8.97. The van der Waals surface area contributed by atoms with E-state index >= 15 is 0 Å². The number of carboxylic acid groups (broad SMARTS) is 1. The molecule has 6 nitrogen and oxygen atoms in total. The van der Waals surface area contributed by atoms with Crippen LogP contribution in [0.25, 0.3) is 0 Å². The van der Waals surface area contributed by atoms with Gasteiger partial charge in [-0.3, -0.25) is 4.79 Å². The topological polar surface area (TPSA) is 78.9 Å². The van der Waals surface area contributed by atoms with Crippen LogP contribution in [0.2, 0.25) is 0 Å². The molecule has 0 fully saturated rings. The predicted octanol–water partition coefficient (Wildman–Crippen LogP) is 1.28. The highest BCUT2D eigenvalue weighted by atomic mass is 16.5. The van der Waals surface area contributed by atoms with Crippen molar-refractivity contribution in [3.05, 3.63) is 35.4 Å². The number of methoxy groups -OCH3 is 1. The quantitative estimate of drug-likeness (QED) is 0.757. The van der Waals surface area contributed by atoms with Gasteiger partial charge in [-0.1, -0.05) is 29.8 Å². The van der Waals surface area contributed by atoms with Crippen LogP contribution >= 0.6 is 0 Å². The monoisotopic (exact) mass is 294 g/mol. The van der Waals surface area contributed by atoms with Gasteiger partial charge in [-0.25, -0.2) is 4.79 Å². The smallest absolute Gasteiger partial charge is 0.323 e. The average molecular weight is 294 g/mol. The molecule has 1 aromatic carbocycles. The van der Waals surface area contributed by atoms with Crippen molar-refractivity contribution in [1.29, 1.82) is 0 Å². The zero-order chi connectivity index (χ0) is 15.7. The van der Waals surface area contributed by atoms with Crippen molar-refractivity contribution in [3.8, 4) is 0 Å². The molecular weight excluding hydrogens is 272 g/mol. The van der Waals surface area contributed by atoms with Crippen LogP contribution in [-0.2, 0) is 16.0 Å². The predicted molar refractivity (Wildman–Crippen MR) is 79.4 cm³/mol. The SMILES string of the molecule is COCCN(CC(=O)O)C(=O)NCCc1cccc(C)c1. The first kappa shape index (κ1) is 17.0. The fourth-order valence-corrected chi connectivity index (χ4v) is 1.91. The molecule has 2 N–H and O–H groups in total. The van der Waals surface area contributed by atoms with Crippen LogP contribution in [0.1, 0.15) is 11.1 Å². The summed E-state index contributed by atoms with van der Waals surface area (Å²) < 4.78 is 4.88. The summed E-state index contributed by atoms with van der Waals surface area (Å²) in [5, 5.41) is 11.5. The molecule has 0 aliphatic heterocycles. The average Bonchev–Trinajstić information content (AvgIpc) is 2.43. The van der Waals surface area contributed by atoms with E-state index in [9.17, 15) is 9.59 Å².